The van der Waals surface area contributed by atoms with Crippen molar-refractivity contribution in [3.8, 4) is 0 Å². The van der Waals surface area contributed by atoms with Gasteiger partial charge in [0.05, 0.1) is 0 Å². The monoisotopic (exact) mass is 148 g/mol. The summed E-state index contributed by atoms with van der Waals surface area (Å²) in [6.07, 6.45) is 1.82. The predicted molar refractivity (Wildman–Crippen MR) is 43.5 cm³/mol. The van der Waals surface area contributed by atoms with E-state index in [9.17, 15) is 4.79 Å². The minimum absolute atomic E-state index is 0.0138. The van der Waals surface area contributed by atoms with E-state index >= 15 is 0 Å². The molecule has 3 nitrogen and oxygen atoms in total. The smallest absolute Gasteiger partial charge is 0.251 e. The molecule has 56 valence electrons. The Labute approximate surface area is 63.3 Å². The molecule has 2 heterocycles. The van der Waals surface area contributed by atoms with Crippen molar-refractivity contribution in [2.75, 3.05) is 0 Å². The molecule has 0 radical (unpaired) electrons. The van der Waals surface area contributed by atoms with Crippen molar-refractivity contribution in [2.24, 2.45) is 7.05 Å². The molecule has 0 aliphatic heterocycles. The molecule has 0 aliphatic rings. The highest BCUT2D eigenvalue weighted by atomic mass is 16.1. The highest BCUT2D eigenvalue weighted by molar-refractivity contribution is 5.75. The topological polar surface area (TPSA) is 37.8 Å². The number of H-pyrrole nitrogens is 1. The van der Waals surface area contributed by atoms with Gasteiger partial charge in [-0.15, -0.1) is 0 Å². The molecular weight excluding hydrogens is 140 g/mol. The Hall–Kier alpha value is -1.51. The van der Waals surface area contributed by atoms with Crippen molar-refractivity contribution in [3.63, 3.8) is 0 Å². The fourth-order valence-corrected chi connectivity index (χ4v) is 1.18. The van der Waals surface area contributed by atoms with Crippen LogP contribution in [0.4, 0.5) is 0 Å². The molecule has 0 spiro atoms. The molecule has 3 heteroatoms. The van der Waals surface area contributed by atoms with Crippen molar-refractivity contribution in [2.45, 2.75) is 0 Å². The Bertz CT molecular complexity index is 439. The van der Waals surface area contributed by atoms with Crippen molar-refractivity contribution in [1.82, 2.24) is 9.55 Å². The molecular formula is C8H8N2O. The first kappa shape index (κ1) is 6.22. The lowest BCUT2D eigenvalue weighted by Crippen LogP contribution is -2.14. The van der Waals surface area contributed by atoms with Crippen LogP contribution in [0.2, 0.25) is 0 Å². The summed E-state index contributed by atoms with van der Waals surface area (Å²) >= 11 is 0. The molecule has 0 aromatic carbocycles. The summed E-state index contributed by atoms with van der Waals surface area (Å²) < 4.78 is 1.59. The average molecular weight is 148 g/mol. The van der Waals surface area contributed by atoms with Crippen LogP contribution in [0, 0.1) is 0 Å². The summed E-state index contributed by atoms with van der Waals surface area (Å²) in [5.74, 6) is 0. The van der Waals surface area contributed by atoms with E-state index in [1.165, 1.54) is 0 Å². The van der Waals surface area contributed by atoms with E-state index in [1.807, 2.05) is 18.3 Å². The van der Waals surface area contributed by atoms with Crippen LogP contribution in [0.15, 0.2) is 29.2 Å². The lowest BCUT2D eigenvalue weighted by molar-refractivity contribution is 0.892. The third-order valence-electron chi connectivity index (χ3n) is 1.83. The lowest BCUT2D eigenvalue weighted by atomic mass is 10.3. The number of pyridine rings is 1. The molecule has 0 amide bonds. The van der Waals surface area contributed by atoms with Gasteiger partial charge in [0.2, 0.25) is 0 Å². The van der Waals surface area contributed by atoms with E-state index in [-0.39, 0.29) is 5.56 Å². The highest BCUT2D eigenvalue weighted by Crippen LogP contribution is 2.06. The molecule has 2 aromatic heterocycles. The maximum atomic E-state index is 11.1. The molecule has 1 N–H and O–H groups in total. The summed E-state index contributed by atoms with van der Waals surface area (Å²) in [7, 11) is 1.75. The number of nitrogens with zero attached hydrogens (tertiary/aromatic N) is 1. The second-order valence-electron chi connectivity index (χ2n) is 2.51. The van der Waals surface area contributed by atoms with Gasteiger partial charge in [-0.25, -0.2) is 0 Å². The molecule has 0 fully saturated rings. The average Bonchev–Trinajstić information content (AvgIpc) is 2.45. The molecule has 2 rings (SSSR count). The van der Waals surface area contributed by atoms with Gasteiger partial charge >= 0.3 is 0 Å². The molecule has 0 saturated heterocycles. The van der Waals surface area contributed by atoms with Crippen molar-refractivity contribution >= 4 is 11.0 Å². The third kappa shape index (κ3) is 0.774. The van der Waals surface area contributed by atoms with Gasteiger partial charge < -0.3 is 4.98 Å². The first-order valence-corrected chi connectivity index (χ1v) is 3.42. The zero-order chi connectivity index (χ0) is 7.84. The minimum Gasteiger partial charge on any atom is -0.347 e. The zero-order valence-corrected chi connectivity index (χ0v) is 6.16. The number of fused-ring (bicyclic) bond motifs is 1. The zero-order valence-electron chi connectivity index (χ0n) is 6.16. The lowest BCUT2D eigenvalue weighted by Gasteiger charge is -1.96. The summed E-state index contributed by atoms with van der Waals surface area (Å²) in [6, 6.07) is 5.32. The van der Waals surface area contributed by atoms with Crippen molar-refractivity contribution in [3.05, 3.63) is 34.7 Å². The first-order chi connectivity index (χ1) is 5.29. The normalized spacial score (nSPS) is 10.6. The Balaban J connectivity index is 3.04. The summed E-state index contributed by atoms with van der Waals surface area (Å²) in [5.41, 5.74) is 0.887. The molecule has 2 aromatic rings. The third-order valence-corrected chi connectivity index (χ3v) is 1.83. The van der Waals surface area contributed by atoms with E-state index in [4.69, 9.17) is 0 Å². The van der Waals surface area contributed by atoms with Gasteiger partial charge in [-0.2, -0.15) is 0 Å². The van der Waals surface area contributed by atoms with Crippen LogP contribution in [0.1, 0.15) is 0 Å². The van der Waals surface area contributed by atoms with Gasteiger partial charge in [0.1, 0.15) is 5.65 Å². The van der Waals surface area contributed by atoms with Crippen LogP contribution in [-0.2, 0) is 7.05 Å². The molecule has 0 unspecified atom stereocenters. The van der Waals surface area contributed by atoms with Gasteiger partial charge in [-0.05, 0) is 12.1 Å². The van der Waals surface area contributed by atoms with Gasteiger partial charge in [-0.1, -0.05) is 0 Å². The number of aromatic nitrogens is 2. The van der Waals surface area contributed by atoms with Crippen molar-refractivity contribution < 1.29 is 0 Å². The minimum atomic E-state index is 0.0138. The van der Waals surface area contributed by atoms with Crippen LogP contribution in [-0.4, -0.2) is 9.55 Å². The Morgan fingerprint density at radius 2 is 2.18 bits per heavy atom. The van der Waals surface area contributed by atoms with Crippen LogP contribution in [0.5, 0.6) is 0 Å². The number of aryl methyl sites for hydroxylation is 1. The predicted octanol–water partition coefficient (Wildman–Crippen LogP) is 0.867. The largest absolute Gasteiger partial charge is 0.347 e. The van der Waals surface area contributed by atoms with Crippen molar-refractivity contribution in [1.29, 1.82) is 0 Å². The van der Waals surface area contributed by atoms with Crippen LogP contribution < -0.4 is 5.56 Å². The van der Waals surface area contributed by atoms with Gasteiger partial charge in [0.25, 0.3) is 5.56 Å². The van der Waals surface area contributed by atoms with E-state index < -0.39 is 0 Å². The molecule has 0 saturated carbocycles. The van der Waals surface area contributed by atoms with Gasteiger partial charge in [0.15, 0.2) is 0 Å². The maximum Gasteiger partial charge on any atom is 0.251 e. The highest BCUT2D eigenvalue weighted by Gasteiger charge is 1.97. The SMILES string of the molecule is Cn1c(=O)ccc2cc[nH]c21. The van der Waals surface area contributed by atoms with E-state index in [0.29, 0.717) is 0 Å². The summed E-state index contributed by atoms with van der Waals surface area (Å²) in [6.45, 7) is 0. The van der Waals surface area contributed by atoms with Crippen LogP contribution in [0.3, 0.4) is 0 Å². The molecule has 0 aliphatic carbocycles. The number of aromatic amines is 1. The number of hydrogen-bond donors (Lipinski definition) is 1. The van der Waals surface area contributed by atoms with E-state index in [2.05, 4.69) is 4.98 Å². The fourth-order valence-electron chi connectivity index (χ4n) is 1.18. The van der Waals surface area contributed by atoms with Crippen LogP contribution in [0.25, 0.3) is 11.0 Å². The Morgan fingerprint density at radius 1 is 1.36 bits per heavy atom. The Kier molecular flexibility index (Phi) is 1.12. The molecule has 11 heavy (non-hydrogen) atoms. The maximum absolute atomic E-state index is 11.1. The van der Waals surface area contributed by atoms with Gasteiger partial charge in [0, 0.05) is 24.7 Å². The number of rotatable bonds is 0. The summed E-state index contributed by atoms with van der Waals surface area (Å²) in [5, 5.41) is 1.06. The second kappa shape index (κ2) is 1.99. The second-order valence-corrected chi connectivity index (χ2v) is 2.51. The molecule has 0 atom stereocenters. The number of nitrogens with one attached hydrogen (secondary N) is 1. The quantitative estimate of drug-likeness (QED) is 0.591. The first-order valence-electron chi connectivity index (χ1n) is 3.42. The fraction of sp³-hybridized carbons (Fsp3) is 0.125. The number of hydrogen-bond acceptors (Lipinski definition) is 1. The molecule has 0 bridgehead atoms. The van der Waals surface area contributed by atoms with E-state index in [0.717, 1.165) is 11.0 Å². The summed E-state index contributed by atoms with van der Waals surface area (Å²) in [4.78, 5) is 14.1. The van der Waals surface area contributed by atoms with Crippen LogP contribution >= 0.6 is 0 Å². The Morgan fingerprint density at radius 3 is 3.00 bits per heavy atom. The standard InChI is InChI=1S/C8H8N2O/c1-10-7(11)3-2-6-4-5-9-8(6)10/h2-5,9H,1H3. The van der Waals surface area contributed by atoms with Gasteiger partial charge in [-0.3, -0.25) is 9.36 Å². The van der Waals surface area contributed by atoms with E-state index in [1.54, 1.807) is 17.7 Å².